The number of nitrogens with one attached hydrogen (secondary N) is 1. The Labute approximate surface area is 194 Å². The molecule has 1 N–H and O–H groups in total. The van der Waals surface area contributed by atoms with Crippen molar-refractivity contribution in [2.24, 2.45) is 0 Å². The summed E-state index contributed by atoms with van der Waals surface area (Å²) >= 11 is 3.42. The third-order valence-electron chi connectivity index (χ3n) is 4.80. The third kappa shape index (κ3) is 5.28. The summed E-state index contributed by atoms with van der Waals surface area (Å²) in [4.78, 5) is 22.1. The molecule has 1 aromatic heterocycles. The van der Waals surface area contributed by atoms with Crippen molar-refractivity contribution in [1.82, 2.24) is 9.97 Å². The van der Waals surface area contributed by atoms with Gasteiger partial charge >= 0.3 is 5.69 Å². The molecule has 0 spiro atoms. The quantitative estimate of drug-likeness (QED) is 0.238. The van der Waals surface area contributed by atoms with Gasteiger partial charge < -0.3 is 10.2 Å². The minimum Gasteiger partial charge on any atom is -0.342 e. The highest BCUT2D eigenvalue weighted by Crippen LogP contribution is 2.35. The topological polar surface area (TPSA) is 84.2 Å². The van der Waals surface area contributed by atoms with E-state index in [9.17, 15) is 10.1 Å². The number of aromatic nitrogens is 2. The molecule has 0 saturated heterocycles. The summed E-state index contributed by atoms with van der Waals surface area (Å²) in [6, 6.07) is 27.0. The second-order valence-electron chi connectivity index (χ2n) is 7.11. The number of benzene rings is 3. The van der Waals surface area contributed by atoms with E-state index in [0.29, 0.717) is 18.8 Å². The molecule has 0 unspecified atom stereocenters. The lowest BCUT2D eigenvalue weighted by Crippen LogP contribution is -2.24. The summed E-state index contributed by atoms with van der Waals surface area (Å²) in [7, 11) is 0. The summed E-state index contributed by atoms with van der Waals surface area (Å²) in [5.41, 5.74) is 2.57. The summed E-state index contributed by atoms with van der Waals surface area (Å²) in [5, 5.41) is 15.2. The van der Waals surface area contributed by atoms with Crippen molar-refractivity contribution in [3.05, 3.63) is 117 Å². The van der Waals surface area contributed by atoms with Crippen LogP contribution in [-0.2, 0) is 13.1 Å². The fraction of sp³-hybridized carbons (Fsp3) is 0.0833. The van der Waals surface area contributed by atoms with Gasteiger partial charge in [-0.1, -0.05) is 82.7 Å². The molecule has 0 aliphatic rings. The smallest absolute Gasteiger partial charge is 0.342 e. The molecule has 8 heteroatoms. The number of nitrogens with zero attached hydrogens (tertiary/aromatic N) is 4. The molecule has 4 aromatic rings. The van der Waals surface area contributed by atoms with E-state index in [-0.39, 0.29) is 17.3 Å². The Hall–Kier alpha value is -3.78. The molecule has 160 valence electrons. The van der Waals surface area contributed by atoms with E-state index in [4.69, 9.17) is 0 Å². The Bertz CT molecular complexity index is 1160. The largest absolute Gasteiger partial charge is 0.353 e. The molecule has 4 rings (SSSR count). The average molecular weight is 490 g/mol. The fourth-order valence-corrected chi connectivity index (χ4v) is 3.78. The Balaban J connectivity index is 1.76. The Morgan fingerprint density at radius 2 is 1.50 bits per heavy atom. The second kappa shape index (κ2) is 10.0. The summed E-state index contributed by atoms with van der Waals surface area (Å²) in [5.74, 6) is 0.402. The number of hydrogen-bond donors (Lipinski definition) is 1. The van der Waals surface area contributed by atoms with E-state index in [1.165, 1.54) is 6.33 Å². The molecule has 32 heavy (non-hydrogen) atoms. The Kier molecular flexibility index (Phi) is 6.72. The SMILES string of the molecule is O=[N+]([O-])c1c(Nc2cccc(Br)c2)ncnc1N(Cc1ccccc1)Cc1ccccc1. The molecular formula is C24H20BrN5O2. The van der Waals surface area contributed by atoms with Crippen LogP contribution in [0.2, 0.25) is 0 Å². The zero-order chi connectivity index (χ0) is 22.3. The van der Waals surface area contributed by atoms with Crippen LogP contribution in [0.5, 0.6) is 0 Å². The minimum atomic E-state index is -0.432. The van der Waals surface area contributed by atoms with Gasteiger partial charge in [-0.25, -0.2) is 9.97 Å². The van der Waals surface area contributed by atoms with Crippen LogP contribution in [0.1, 0.15) is 11.1 Å². The highest BCUT2D eigenvalue weighted by Gasteiger charge is 2.27. The molecule has 0 aliphatic carbocycles. The predicted molar refractivity (Wildman–Crippen MR) is 129 cm³/mol. The predicted octanol–water partition coefficient (Wildman–Crippen LogP) is 6.10. The zero-order valence-corrected chi connectivity index (χ0v) is 18.6. The molecular weight excluding hydrogens is 470 g/mol. The molecule has 0 bridgehead atoms. The lowest BCUT2D eigenvalue weighted by atomic mass is 10.1. The van der Waals surface area contributed by atoms with Gasteiger partial charge in [0.25, 0.3) is 0 Å². The van der Waals surface area contributed by atoms with Crippen LogP contribution in [0.3, 0.4) is 0 Å². The van der Waals surface area contributed by atoms with Crippen LogP contribution in [0.25, 0.3) is 0 Å². The van der Waals surface area contributed by atoms with Gasteiger partial charge in [0.05, 0.1) is 4.92 Å². The summed E-state index contributed by atoms with van der Waals surface area (Å²) in [6.45, 7) is 0.924. The van der Waals surface area contributed by atoms with Gasteiger partial charge in [-0.05, 0) is 29.3 Å². The van der Waals surface area contributed by atoms with Gasteiger partial charge in [-0.3, -0.25) is 10.1 Å². The number of rotatable bonds is 8. The highest BCUT2D eigenvalue weighted by molar-refractivity contribution is 9.10. The van der Waals surface area contributed by atoms with Crippen LogP contribution >= 0.6 is 15.9 Å². The first kappa shape index (κ1) is 21.5. The normalized spacial score (nSPS) is 10.5. The van der Waals surface area contributed by atoms with Crippen LogP contribution in [-0.4, -0.2) is 14.9 Å². The van der Waals surface area contributed by atoms with E-state index in [2.05, 4.69) is 31.2 Å². The molecule has 7 nitrogen and oxygen atoms in total. The van der Waals surface area contributed by atoms with Crippen molar-refractivity contribution < 1.29 is 4.92 Å². The third-order valence-corrected chi connectivity index (χ3v) is 5.30. The van der Waals surface area contributed by atoms with Crippen LogP contribution in [0, 0.1) is 10.1 Å². The van der Waals surface area contributed by atoms with Crippen LogP contribution in [0.15, 0.2) is 95.7 Å². The van der Waals surface area contributed by atoms with Crippen molar-refractivity contribution in [3.63, 3.8) is 0 Å². The van der Waals surface area contributed by atoms with Gasteiger partial charge in [0, 0.05) is 23.2 Å². The molecule has 0 fully saturated rings. The first-order valence-corrected chi connectivity index (χ1v) is 10.7. The van der Waals surface area contributed by atoms with Gasteiger partial charge in [0.15, 0.2) is 0 Å². The van der Waals surface area contributed by atoms with Gasteiger partial charge in [0.1, 0.15) is 6.33 Å². The Morgan fingerprint density at radius 3 is 2.06 bits per heavy atom. The summed E-state index contributed by atoms with van der Waals surface area (Å²) in [6.07, 6.45) is 1.35. The molecule has 0 aliphatic heterocycles. The summed E-state index contributed by atoms with van der Waals surface area (Å²) < 4.78 is 0.856. The number of halogens is 1. The van der Waals surface area contributed by atoms with E-state index in [1.54, 1.807) is 0 Å². The van der Waals surface area contributed by atoms with E-state index < -0.39 is 4.92 Å². The zero-order valence-electron chi connectivity index (χ0n) is 17.1. The molecule has 0 saturated carbocycles. The fourth-order valence-electron chi connectivity index (χ4n) is 3.38. The van der Waals surface area contributed by atoms with Crippen LogP contribution in [0.4, 0.5) is 23.0 Å². The van der Waals surface area contributed by atoms with Gasteiger partial charge in [-0.2, -0.15) is 0 Å². The molecule has 0 atom stereocenters. The maximum absolute atomic E-state index is 12.2. The van der Waals surface area contributed by atoms with Crippen molar-refractivity contribution >= 4 is 38.9 Å². The molecule has 0 amide bonds. The minimum absolute atomic E-state index is 0.143. The lowest BCUT2D eigenvalue weighted by Gasteiger charge is -2.24. The van der Waals surface area contributed by atoms with Crippen molar-refractivity contribution in [3.8, 4) is 0 Å². The van der Waals surface area contributed by atoms with E-state index in [0.717, 1.165) is 15.6 Å². The molecule has 1 heterocycles. The maximum atomic E-state index is 12.2. The standard InChI is InChI=1S/C24H20BrN5O2/c25-20-12-7-13-21(14-20)28-23-22(30(31)32)24(27-17-26-23)29(15-18-8-3-1-4-9-18)16-19-10-5-2-6-11-19/h1-14,17H,15-16H2,(H,26,27,28). The van der Waals surface area contributed by atoms with E-state index in [1.807, 2.05) is 89.8 Å². The number of anilines is 3. The van der Waals surface area contributed by atoms with Crippen LogP contribution < -0.4 is 10.2 Å². The average Bonchev–Trinajstić information content (AvgIpc) is 2.80. The van der Waals surface area contributed by atoms with Gasteiger partial charge in [0.2, 0.25) is 11.6 Å². The van der Waals surface area contributed by atoms with Crippen molar-refractivity contribution in [1.29, 1.82) is 0 Å². The highest BCUT2D eigenvalue weighted by atomic mass is 79.9. The number of nitro groups is 1. The maximum Gasteiger partial charge on any atom is 0.353 e. The molecule has 0 radical (unpaired) electrons. The monoisotopic (exact) mass is 489 g/mol. The first-order chi connectivity index (χ1) is 15.6. The first-order valence-electron chi connectivity index (χ1n) is 9.95. The van der Waals surface area contributed by atoms with E-state index >= 15 is 0 Å². The van der Waals surface area contributed by atoms with Crippen molar-refractivity contribution in [2.75, 3.05) is 10.2 Å². The number of hydrogen-bond acceptors (Lipinski definition) is 6. The van der Waals surface area contributed by atoms with Gasteiger partial charge in [-0.15, -0.1) is 0 Å². The second-order valence-corrected chi connectivity index (χ2v) is 8.03. The van der Waals surface area contributed by atoms with Crippen molar-refractivity contribution in [2.45, 2.75) is 13.1 Å². The Morgan fingerprint density at radius 1 is 0.875 bits per heavy atom. The molecule has 3 aromatic carbocycles. The lowest BCUT2D eigenvalue weighted by molar-refractivity contribution is -0.383.